The first-order chi connectivity index (χ1) is 15.9. The van der Waals surface area contributed by atoms with E-state index in [4.69, 9.17) is 0 Å². The van der Waals surface area contributed by atoms with Crippen LogP contribution in [0.3, 0.4) is 0 Å². The molecule has 1 N–H and O–H groups in total. The molecule has 2 fully saturated rings. The van der Waals surface area contributed by atoms with E-state index in [9.17, 15) is 40.7 Å². The standard InChI is InChI=1S/C22H24F6N2O4/c23-14-8-13(20(25)16(24)9-14)11-30-15(3-4-19(30)32)10-18(31)29-17(7-12-1-2-12)21(33)34-6-5-22(26,27)28/h8-9,12,15,17H,1-7,10-11H2,(H,29,31)/t15-,17-/m0/s1. The third kappa shape index (κ3) is 7.36. The predicted molar refractivity (Wildman–Crippen MR) is 105 cm³/mol. The highest BCUT2D eigenvalue weighted by atomic mass is 19.4. The fourth-order valence-corrected chi connectivity index (χ4v) is 3.87. The molecular formula is C22H24F6N2O4. The van der Waals surface area contributed by atoms with Gasteiger partial charge < -0.3 is 15.0 Å². The van der Waals surface area contributed by atoms with Gasteiger partial charge in [-0.1, -0.05) is 12.8 Å². The number of nitrogens with one attached hydrogen (secondary N) is 1. The number of carbonyl (C=O) groups excluding carboxylic acids is 3. The van der Waals surface area contributed by atoms with E-state index in [-0.39, 0.29) is 37.2 Å². The number of benzene rings is 1. The number of nitrogens with zero attached hydrogens (tertiary/aromatic N) is 1. The highest BCUT2D eigenvalue weighted by Gasteiger charge is 2.36. The summed E-state index contributed by atoms with van der Waals surface area (Å²) in [5.74, 6) is -5.60. The lowest BCUT2D eigenvalue weighted by Gasteiger charge is -2.26. The van der Waals surface area contributed by atoms with E-state index in [1.807, 2.05) is 0 Å². The molecule has 12 heteroatoms. The Balaban J connectivity index is 1.60. The van der Waals surface area contributed by atoms with Crippen molar-refractivity contribution in [2.75, 3.05) is 6.61 Å². The van der Waals surface area contributed by atoms with Gasteiger partial charge in [-0.05, 0) is 24.8 Å². The normalized spacial score (nSPS) is 19.3. The minimum Gasteiger partial charge on any atom is -0.464 e. The highest BCUT2D eigenvalue weighted by Crippen LogP contribution is 2.34. The van der Waals surface area contributed by atoms with Crippen LogP contribution < -0.4 is 5.32 Å². The topological polar surface area (TPSA) is 75.7 Å². The molecule has 0 spiro atoms. The Morgan fingerprint density at radius 1 is 1.15 bits per heavy atom. The lowest BCUT2D eigenvalue weighted by atomic mass is 10.1. The summed E-state index contributed by atoms with van der Waals surface area (Å²) in [5, 5.41) is 2.46. The van der Waals surface area contributed by atoms with Gasteiger partial charge in [0.15, 0.2) is 11.6 Å². The lowest BCUT2D eigenvalue weighted by Crippen LogP contribution is -2.45. The van der Waals surface area contributed by atoms with Gasteiger partial charge in [0.25, 0.3) is 0 Å². The molecule has 1 aliphatic carbocycles. The number of esters is 1. The summed E-state index contributed by atoms with van der Waals surface area (Å²) in [5.41, 5.74) is -0.377. The number of ether oxygens (including phenoxy) is 1. The maximum absolute atomic E-state index is 14.0. The van der Waals surface area contributed by atoms with Crippen molar-refractivity contribution >= 4 is 17.8 Å². The van der Waals surface area contributed by atoms with Crippen LogP contribution in [-0.4, -0.2) is 47.6 Å². The average Bonchev–Trinajstić information content (AvgIpc) is 3.49. The first kappa shape index (κ1) is 25.8. The predicted octanol–water partition coefficient (Wildman–Crippen LogP) is 3.77. The van der Waals surface area contributed by atoms with Crippen molar-refractivity contribution < 1.29 is 45.5 Å². The van der Waals surface area contributed by atoms with Crippen LogP contribution in [0, 0.1) is 23.4 Å². The second kappa shape index (κ2) is 10.6. The average molecular weight is 494 g/mol. The van der Waals surface area contributed by atoms with E-state index >= 15 is 0 Å². The van der Waals surface area contributed by atoms with Crippen LogP contribution in [0.1, 0.15) is 50.5 Å². The molecule has 1 saturated heterocycles. The van der Waals surface area contributed by atoms with E-state index in [0.717, 1.165) is 23.8 Å². The second-order valence-electron chi connectivity index (χ2n) is 8.61. The van der Waals surface area contributed by atoms with Gasteiger partial charge in [-0.25, -0.2) is 18.0 Å². The first-order valence-corrected chi connectivity index (χ1v) is 10.9. The number of hydrogen-bond donors (Lipinski definition) is 1. The van der Waals surface area contributed by atoms with Crippen molar-refractivity contribution in [3.05, 3.63) is 35.1 Å². The van der Waals surface area contributed by atoms with Gasteiger partial charge in [0.05, 0.1) is 6.42 Å². The Hall–Kier alpha value is -2.79. The Bertz CT molecular complexity index is 935. The Labute approximate surface area is 191 Å². The monoisotopic (exact) mass is 494 g/mol. The van der Waals surface area contributed by atoms with Gasteiger partial charge in [0, 0.05) is 37.1 Å². The largest absolute Gasteiger partial charge is 0.464 e. The number of likely N-dealkylation sites (tertiary alicyclic amines) is 1. The number of alkyl halides is 3. The van der Waals surface area contributed by atoms with Crippen molar-refractivity contribution in [3.63, 3.8) is 0 Å². The summed E-state index contributed by atoms with van der Waals surface area (Å²) in [6, 6.07) is -0.692. The molecule has 1 aromatic rings. The quantitative estimate of drug-likeness (QED) is 0.305. The lowest BCUT2D eigenvalue weighted by molar-refractivity contribution is -0.161. The summed E-state index contributed by atoms with van der Waals surface area (Å²) in [4.78, 5) is 38.2. The Morgan fingerprint density at radius 3 is 2.50 bits per heavy atom. The molecule has 1 heterocycles. The molecule has 34 heavy (non-hydrogen) atoms. The fraction of sp³-hybridized carbons (Fsp3) is 0.591. The van der Waals surface area contributed by atoms with E-state index in [2.05, 4.69) is 10.1 Å². The minimum atomic E-state index is -4.49. The SMILES string of the molecule is O=C(C[C@@H]1CCC(=O)N1Cc1cc(F)cc(F)c1F)N[C@@H](CC1CC1)C(=O)OCCC(F)(F)F. The van der Waals surface area contributed by atoms with Crippen LogP contribution in [0.4, 0.5) is 26.3 Å². The number of halogens is 6. The number of amides is 2. The third-order valence-electron chi connectivity index (χ3n) is 5.80. The summed E-state index contributed by atoms with van der Waals surface area (Å²) in [6.45, 7) is -1.30. The maximum Gasteiger partial charge on any atom is 0.392 e. The zero-order valence-corrected chi connectivity index (χ0v) is 18.1. The van der Waals surface area contributed by atoms with E-state index < -0.39 is 73.1 Å². The number of hydrogen-bond acceptors (Lipinski definition) is 4. The van der Waals surface area contributed by atoms with Gasteiger partial charge in [-0.2, -0.15) is 13.2 Å². The number of carbonyl (C=O) groups is 3. The highest BCUT2D eigenvalue weighted by molar-refractivity contribution is 5.86. The van der Waals surface area contributed by atoms with Gasteiger partial charge in [-0.15, -0.1) is 0 Å². The van der Waals surface area contributed by atoms with E-state index in [1.165, 1.54) is 0 Å². The van der Waals surface area contributed by atoms with Crippen molar-refractivity contribution in [2.24, 2.45) is 5.92 Å². The molecule has 0 bridgehead atoms. The zero-order valence-electron chi connectivity index (χ0n) is 18.1. The van der Waals surface area contributed by atoms with Crippen molar-refractivity contribution in [1.82, 2.24) is 10.2 Å². The van der Waals surface area contributed by atoms with Crippen LogP contribution in [0.2, 0.25) is 0 Å². The van der Waals surface area contributed by atoms with Crippen LogP contribution >= 0.6 is 0 Å². The molecular weight excluding hydrogens is 470 g/mol. The minimum absolute atomic E-state index is 0.0440. The van der Waals surface area contributed by atoms with E-state index in [1.54, 1.807) is 0 Å². The molecule has 188 valence electrons. The van der Waals surface area contributed by atoms with Gasteiger partial charge in [-0.3, -0.25) is 9.59 Å². The molecule has 0 radical (unpaired) electrons. The van der Waals surface area contributed by atoms with Gasteiger partial charge in [0.2, 0.25) is 11.8 Å². The summed E-state index contributed by atoms with van der Waals surface area (Å²) < 4.78 is 82.6. The molecule has 1 aliphatic heterocycles. The molecule has 2 aliphatic rings. The van der Waals surface area contributed by atoms with Crippen LogP contribution in [0.25, 0.3) is 0 Å². The van der Waals surface area contributed by atoms with Gasteiger partial charge in [0.1, 0.15) is 18.5 Å². The van der Waals surface area contributed by atoms with E-state index in [0.29, 0.717) is 6.07 Å². The molecule has 6 nitrogen and oxygen atoms in total. The van der Waals surface area contributed by atoms with Crippen LogP contribution in [-0.2, 0) is 25.7 Å². The Kier molecular flexibility index (Phi) is 8.09. The molecule has 1 saturated carbocycles. The van der Waals surface area contributed by atoms with Crippen molar-refractivity contribution in [3.8, 4) is 0 Å². The van der Waals surface area contributed by atoms with Crippen molar-refractivity contribution in [2.45, 2.75) is 69.8 Å². The molecule has 2 amide bonds. The smallest absolute Gasteiger partial charge is 0.392 e. The summed E-state index contributed by atoms with van der Waals surface area (Å²) in [6.07, 6.45) is -3.93. The maximum atomic E-state index is 14.0. The van der Waals surface area contributed by atoms with Crippen molar-refractivity contribution in [1.29, 1.82) is 0 Å². The third-order valence-corrected chi connectivity index (χ3v) is 5.80. The molecule has 1 aromatic carbocycles. The van der Waals surface area contributed by atoms with Crippen LogP contribution in [0.15, 0.2) is 12.1 Å². The zero-order chi connectivity index (χ0) is 25.0. The molecule has 3 rings (SSSR count). The molecule has 0 unspecified atom stereocenters. The van der Waals surface area contributed by atoms with Crippen LogP contribution in [0.5, 0.6) is 0 Å². The molecule has 2 atom stereocenters. The van der Waals surface area contributed by atoms with Gasteiger partial charge >= 0.3 is 12.1 Å². The summed E-state index contributed by atoms with van der Waals surface area (Å²) in [7, 11) is 0. The molecule has 0 aromatic heterocycles. The fourth-order valence-electron chi connectivity index (χ4n) is 3.87. The second-order valence-corrected chi connectivity index (χ2v) is 8.61. The Morgan fingerprint density at radius 2 is 1.85 bits per heavy atom. The first-order valence-electron chi connectivity index (χ1n) is 10.9. The number of rotatable bonds is 10. The summed E-state index contributed by atoms with van der Waals surface area (Å²) >= 11 is 0.